The fraction of sp³-hybridized carbons (Fsp3) is 0.353. The maximum atomic E-state index is 5.54. The number of nitrogens with one attached hydrogen (secondary N) is 1. The van der Waals surface area contributed by atoms with Crippen LogP contribution < -0.4 is 14.8 Å². The first kappa shape index (κ1) is 15.3. The lowest BCUT2D eigenvalue weighted by molar-refractivity contribution is 0.321. The van der Waals surface area contributed by atoms with Gasteiger partial charge < -0.3 is 14.8 Å². The van der Waals surface area contributed by atoms with Gasteiger partial charge in [0.05, 0.1) is 13.7 Å². The molecule has 112 valence electrons. The molecule has 0 aliphatic carbocycles. The number of ether oxygens (including phenoxy) is 2. The molecule has 1 N–H and O–H groups in total. The van der Waals surface area contributed by atoms with Gasteiger partial charge in [0.25, 0.3) is 0 Å². The van der Waals surface area contributed by atoms with Gasteiger partial charge in [-0.3, -0.25) is 0 Å². The SMILES string of the molecule is CCOc1ncccc1CNC(C)c1ccc(OC)cc1. The van der Waals surface area contributed by atoms with E-state index in [1.54, 1.807) is 13.3 Å². The first-order valence-corrected chi connectivity index (χ1v) is 7.18. The molecule has 0 aliphatic heterocycles. The van der Waals surface area contributed by atoms with Crippen LogP contribution in [0, 0.1) is 0 Å². The van der Waals surface area contributed by atoms with Crippen LogP contribution in [0.25, 0.3) is 0 Å². The van der Waals surface area contributed by atoms with Crippen LogP contribution in [0.1, 0.15) is 31.0 Å². The molecule has 1 aromatic carbocycles. The van der Waals surface area contributed by atoms with Crippen molar-refractivity contribution in [1.29, 1.82) is 0 Å². The lowest BCUT2D eigenvalue weighted by Gasteiger charge is -2.16. The second-order valence-corrected chi connectivity index (χ2v) is 4.78. The Balaban J connectivity index is 1.98. The summed E-state index contributed by atoms with van der Waals surface area (Å²) in [5, 5.41) is 3.49. The number of nitrogens with zero attached hydrogens (tertiary/aromatic N) is 1. The summed E-state index contributed by atoms with van der Waals surface area (Å²) in [7, 11) is 1.67. The highest BCUT2D eigenvalue weighted by Gasteiger charge is 2.08. The lowest BCUT2D eigenvalue weighted by atomic mass is 10.1. The molecule has 0 bridgehead atoms. The van der Waals surface area contributed by atoms with Crippen molar-refractivity contribution in [3.05, 3.63) is 53.7 Å². The Bertz CT molecular complexity index is 555. The van der Waals surface area contributed by atoms with Gasteiger partial charge in [0, 0.05) is 24.3 Å². The van der Waals surface area contributed by atoms with E-state index in [0.29, 0.717) is 12.5 Å². The maximum absolute atomic E-state index is 5.54. The zero-order chi connectivity index (χ0) is 15.1. The van der Waals surface area contributed by atoms with Gasteiger partial charge in [-0.2, -0.15) is 0 Å². The zero-order valence-electron chi connectivity index (χ0n) is 12.8. The minimum atomic E-state index is 0.241. The molecule has 0 saturated carbocycles. The summed E-state index contributed by atoms with van der Waals surface area (Å²) in [6.07, 6.45) is 1.75. The van der Waals surface area contributed by atoms with Gasteiger partial charge in [-0.25, -0.2) is 4.98 Å². The normalized spacial score (nSPS) is 12.0. The monoisotopic (exact) mass is 286 g/mol. The molecule has 0 radical (unpaired) electrons. The van der Waals surface area contributed by atoms with E-state index in [9.17, 15) is 0 Å². The minimum absolute atomic E-state index is 0.241. The van der Waals surface area contributed by atoms with Gasteiger partial charge in [-0.15, -0.1) is 0 Å². The first-order chi connectivity index (χ1) is 10.2. The van der Waals surface area contributed by atoms with Crippen molar-refractivity contribution >= 4 is 0 Å². The van der Waals surface area contributed by atoms with Gasteiger partial charge >= 0.3 is 0 Å². The molecule has 4 heteroatoms. The van der Waals surface area contributed by atoms with Crippen molar-refractivity contribution in [1.82, 2.24) is 10.3 Å². The molecule has 0 amide bonds. The summed E-state index contributed by atoms with van der Waals surface area (Å²) in [4.78, 5) is 4.26. The van der Waals surface area contributed by atoms with E-state index in [-0.39, 0.29) is 6.04 Å². The summed E-state index contributed by atoms with van der Waals surface area (Å²) >= 11 is 0. The molecule has 1 unspecified atom stereocenters. The number of aromatic nitrogens is 1. The van der Waals surface area contributed by atoms with Crippen LogP contribution in [0.2, 0.25) is 0 Å². The van der Waals surface area contributed by atoms with Crippen LogP contribution in [-0.2, 0) is 6.54 Å². The molecule has 0 spiro atoms. The summed E-state index contributed by atoms with van der Waals surface area (Å²) in [5.41, 5.74) is 2.29. The van der Waals surface area contributed by atoms with E-state index >= 15 is 0 Å². The number of rotatable bonds is 7. The minimum Gasteiger partial charge on any atom is -0.497 e. The summed E-state index contributed by atoms with van der Waals surface area (Å²) < 4.78 is 10.7. The molecule has 0 fully saturated rings. The summed E-state index contributed by atoms with van der Waals surface area (Å²) in [6.45, 7) is 5.44. The number of methoxy groups -OCH3 is 1. The molecule has 21 heavy (non-hydrogen) atoms. The molecule has 4 nitrogen and oxygen atoms in total. The number of hydrogen-bond acceptors (Lipinski definition) is 4. The van der Waals surface area contributed by atoms with E-state index in [1.807, 2.05) is 31.2 Å². The van der Waals surface area contributed by atoms with Crippen LogP contribution in [0.15, 0.2) is 42.6 Å². The molecule has 0 saturated heterocycles. The van der Waals surface area contributed by atoms with Gasteiger partial charge in [0.2, 0.25) is 5.88 Å². The molecule has 1 aromatic heterocycles. The summed E-state index contributed by atoms with van der Waals surface area (Å²) in [6, 6.07) is 12.3. The standard InChI is InChI=1S/C17H22N2O2/c1-4-21-17-15(6-5-11-18-17)12-19-13(2)14-7-9-16(20-3)10-8-14/h5-11,13,19H,4,12H2,1-3H3. The smallest absolute Gasteiger partial charge is 0.217 e. The third-order valence-corrected chi connectivity index (χ3v) is 3.35. The summed E-state index contributed by atoms with van der Waals surface area (Å²) in [5.74, 6) is 1.58. The van der Waals surface area contributed by atoms with Crippen LogP contribution >= 0.6 is 0 Å². The molecule has 1 atom stereocenters. The van der Waals surface area contributed by atoms with Gasteiger partial charge in [-0.05, 0) is 37.6 Å². The Morgan fingerprint density at radius 2 is 1.95 bits per heavy atom. The Morgan fingerprint density at radius 3 is 2.62 bits per heavy atom. The molecular formula is C17H22N2O2. The Hall–Kier alpha value is -2.07. The number of benzene rings is 1. The number of hydrogen-bond donors (Lipinski definition) is 1. The van der Waals surface area contributed by atoms with Crippen LogP contribution in [0.3, 0.4) is 0 Å². The van der Waals surface area contributed by atoms with E-state index < -0.39 is 0 Å². The number of pyridine rings is 1. The predicted octanol–water partition coefficient (Wildman–Crippen LogP) is 3.34. The van der Waals surface area contributed by atoms with Crippen molar-refractivity contribution in [3.63, 3.8) is 0 Å². The van der Waals surface area contributed by atoms with E-state index in [2.05, 4.69) is 29.4 Å². The largest absolute Gasteiger partial charge is 0.497 e. The van der Waals surface area contributed by atoms with Gasteiger partial charge in [0.15, 0.2) is 0 Å². The van der Waals surface area contributed by atoms with E-state index in [0.717, 1.165) is 17.9 Å². The highest BCUT2D eigenvalue weighted by atomic mass is 16.5. The van der Waals surface area contributed by atoms with Crippen LogP contribution in [-0.4, -0.2) is 18.7 Å². The highest BCUT2D eigenvalue weighted by molar-refractivity contribution is 5.29. The van der Waals surface area contributed by atoms with Crippen molar-refractivity contribution in [2.24, 2.45) is 0 Å². The quantitative estimate of drug-likeness (QED) is 0.847. The Labute approximate surface area is 126 Å². The zero-order valence-corrected chi connectivity index (χ0v) is 12.8. The average molecular weight is 286 g/mol. The predicted molar refractivity (Wildman–Crippen MR) is 83.7 cm³/mol. The second-order valence-electron chi connectivity index (χ2n) is 4.78. The van der Waals surface area contributed by atoms with Crippen molar-refractivity contribution in [3.8, 4) is 11.6 Å². The lowest BCUT2D eigenvalue weighted by Crippen LogP contribution is -2.18. The van der Waals surface area contributed by atoms with Gasteiger partial charge in [-0.1, -0.05) is 18.2 Å². The second kappa shape index (κ2) is 7.64. The van der Waals surface area contributed by atoms with E-state index in [4.69, 9.17) is 9.47 Å². The molecule has 2 aromatic rings. The first-order valence-electron chi connectivity index (χ1n) is 7.18. The fourth-order valence-electron chi connectivity index (χ4n) is 2.10. The fourth-order valence-corrected chi connectivity index (χ4v) is 2.10. The van der Waals surface area contributed by atoms with Crippen molar-refractivity contribution < 1.29 is 9.47 Å². The third-order valence-electron chi connectivity index (χ3n) is 3.35. The highest BCUT2D eigenvalue weighted by Crippen LogP contribution is 2.19. The van der Waals surface area contributed by atoms with Crippen molar-refractivity contribution in [2.45, 2.75) is 26.4 Å². The molecule has 1 heterocycles. The maximum Gasteiger partial charge on any atom is 0.217 e. The molecule has 0 aliphatic rings. The third kappa shape index (κ3) is 4.20. The van der Waals surface area contributed by atoms with E-state index in [1.165, 1.54) is 5.56 Å². The molecule has 2 rings (SSSR count). The van der Waals surface area contributed by atoms with Crippen LogP contribution in [0.5, 0.6) is 11.6 Å². The van der Waals surface area contributed by atoms with Crippen molar-refractivity contribution in [2.75, 3.05) is 13.7 Å². The Kier molecular flexibility index (Phi) is 5.58. The Morgan fingerprint density at radius 1 is 1.19 bits per heavy atom. The van der Waals surface area contributed by atoms with Crippen LogP contribution in [0.4, 0.5) is 0 Å². The average Bonchev–Trinajstić information content (AvgIpc) is 2.54. The molecular weight excluding hydrogens is 264 g/mol. The van der Waals surface area contributed by atoms with Gasteiger partial charge in [0.1, 0.15) is 5.75 Å². The topological polar surface area (TPSA) is 43.4 Å².